The van der Waals surface area contributed by atoms with Crippen LogP contribution in [0.4, 0.5) is 5.95 Å². The van der Waals surface area contributed by atoms with E-state index >= 15 is 0 Å². The van der Waals surface area contributed by atoms with Crippen molar-refractivity contribution >= 4 is 39.5 Å². The van der Waals surface area contributed by atoms with Crippen LogP contribution in [0.2, 0.25) is 0 Å². The van der Waals surface area contributed by atoms with Crippen molar-refractivity contribution in [3.8, 4) is 0 Å². The number of halogens is 1. The summed E-state index contributed by atoms with van der Waals surface area (Å²) in [5.41, 5.74) is 2.39. The average Bonchev–Trinajstić information content (AvgIpc) is 2.64. The molecule has 0 aliphatic carbocycles. The maximum Gasteiger partial charge on any atom is 0.233 e. The number of thioether (sulfide) groups is 1. The third-order valence-corrected chi connectivity index (χ3v) is 6.27. The van der Waals surface area contributed by atoms with E-state index in [2.05, 4.69) is 56.8 Å². The van der Waals surface area contributed by atoms with Gasteiger partial charge in [-0.15, -0.1) is 11.8 Å². The van der Waals surface area contributed by atoms with Crippen molar-refractivity contribution < 1.29 is 4.79 Å². The highest BCUT2D eigenvalue weighted by molar-refractivity contribution is 9.10. The molecule has 3 rings (SSSR count). The number of amides is 1. The molecule has 1 aromatic heterocycles. The maximum atomic E-state index is 12.5. The molecule has 5 nitrogen and oxygen atoms in total. The standard InChI is InChI=1S/C18H21BrN4OS/c1-13-11-16(14(2)10-15(13)19)25-12-17(24)22-6-8-23(9-7-22)18-20-4-3-5-21-18/h3-5,10-11H,6-9,12H2,1-2H3. The van der Waals surface area contributed by atoms with Gasteiger partial charge in [0.1, 0.15) is 0 Å². The monoisotopic (exact) mass is 420 g/mol. The molecule has 0 radical (unpaired) electrons. The summed E-state index contributed by atoms with van der Waals surface area (Å²) in [5.74, 6) is 1.41. The van der Waals surface area contributed by atoms with Crippen LogP contribution >= 0.6 is 27.7 Å². The highest BCUT2D eigenvalue weighted by Crippen LogP contribution is 2.28. The van der Waals surface area contributed by atoms with Gasteiger partial charge in [-0.05, 0) is 43.2 Å². The van der Waals surface area contributed by atoms with Crippen molar-refractivity contribution in [2.75, 3.05) is 36.8 Å². The van der Waals surface area contributed by atoms with Crippen LogP contribution in [0, 0.1) is 13.8 Å². The molecule has 0 saturated carbocycles. The first-order valence-electron chi connectivity index (χ1n) is 8.24. The second-order valence-electron chi connectivity index (χ2n) is 6.07. The molecule has 2 aromatic rings. The van der Waals surface area contributed by atoms with Crippen LogP contribution in [0.1, 0.15) is 11.1 Å². The molecule has 132 valence electrons. The Hall–Kier alpha value is -1.60. The Kier molecular flexibility index (Phi) is 5.96. The Morgan fingerprint density at radius 3 is 2.48 bits per heavy atom. The molecular weight excluding hydrogens is 400 g/mol. The SMILES string of the molecule is Cc1cc(SCC(=O)N2CCN(c3ncccn3)CC2)c(C)cc1Br. The fraction of sp³-hybridized carbons (Fsp3) is 0.389. The lowest BCUT2D eigenvalue weighted by molar-refractivity contribution is -0.128. The van der Waals surface area contributed by atoms with Crippen LogP contribution in [0.15, 0.2) is 40.0 Å². The van der Waals surface area contributed by atoms with Gasteiger partial charge in [0.2, 0.25) is 11.9 Å². The van der Waals surface area contributed by atoms with E-state index in [0.717, 1.165) is 36.6 Å². The summed E-state index contributed by atoms with van der Waals surface area (Å²) < 4.78 is 1.11. The van der Waals surface area contributed by atoms with Crippen LogP contribution in [0.3, 0.4) is 0 Å². The van der Waals surface area contributed by atoms with E-state index in [-0.39, 0.29) is 5.91 Å². The molecule has 0 atom stereocenters. The van der Waals surface area contributed by atoms with E-state index < -0.39 is 0 Å². The summed E-state index contributed by atoms with van der Waals surface area (Å²) in [4.78, 5) is 26.3. The van der Waals surface area contributed by atoms with Crippen LogP contribution in [-0.2, 0) is 4.79 Å². The number of piperazine rings is 1. The van der Waals surface area contributed by atoms with Crippen LogP contribution in [0.5, 0.6) is 0 Å². The van der Waals surface area contributed by atoms with Gasteiger partial charge in [0, 0.05) is 47.9 Å². The first kappa shape index (κ1) is 18.2. The predicted molar refractivity (Wildman–Crippen MR) is 105 cm³/mol. The van der Waals surface area contributed by atoms with Crippen molar-refractivity contribution in [3.05, 3.63) is 46.2 Å². The number of carbonyl (C=O) groups is 1. The van der Waals surface area contributed by atoms with E-state index in [4.69, 9.17) is 0 Å². The van der Waals surface area contributed by atoms with Gasteiger partial charge in [-0.1, -0.05) is 15.9 Å². The van der Waals surface area contributed by atoms with E-state index in [9.17, 15) is 4.79 Å². The fourth-order valence-electron chi connectivity index (χ4n) is 2.75. The summed E-state index contributed by atoms with van der Waals surface area (Å²) >= 11 is 5.17. The van der Waals surface area contributed by atoms with Crippen molar-refractivity contribution in [2.24, 2.45) is 0 Å². The van der Waals surface area contributed by atoms with Crippen molar-refractivity contribution in [3.63, 3.8) is 0 Å². The molecule has 1 amide bonds. The van der Waals surface area contributed by atoms with Crippen molar-refractivity contribution in [2.45, 2.75) is 18.7 Å². The zero-order chi connectivity index (χ0) is 17.8. The number of nitrogens with zero attached hydrogens (tertiary/aromatic N) is 4. The van der Waals surface area contributed by atoms with E-state index in [1.807, 2.05) is 11.0 Å². The van der Waals surface area contributed by atoms with E-state index in [1.54, 1.807) is 24.2 Å². The quantitative estimate of drug-likeness (QED) is 0.710. The predicted octanol–water partition coefficient (Wildman–Crippen LogP) is 3.30. The molecule has 2 heterocycles. The van der Waals surface area contributed by atoms with Crippen LogP contribution in [0.25, 0.3) is 0 Å². The van der Waals surface area contributed by atoms with Gasteiger partial charge in [0.15, 0.2) is 0 Å². The third kappa shape index (κ3) is 4.52. The normalized spacial score (nSPS) is 14.7. The minimum Gasteiger partial charge on any atom is -0.338 e. The Labute approximate surface area is 161 Å². The number of benzene rings is 1. The molecule has 1 aliphatic rings. The largest absolute Gasteiger partial charge is 0.338 e. The first-order valence-corrected chi connectivity index (χ1v) is 10.0. The molecule has 0 bridgehead atoms. The van der Waals surface area contributed by atoms with Gasteiger partial charge < -0.3 is 9.80 Å². The van der Waals surface area contributed by atoms with Gasteiger partial charge in [0.25, 0.3) is 0 Å². The molecule has 1 aliphatic heterocycles. The number of carbonyl (C=O) groups excluding carboxylic acids is 1. The number of hydrogen-bond acceptors (Lipinski definition) is 5. The second kappa shape index (κ2) is 8.19. The lowest BCUT2D eigenvalue weighted by Crippen LogP contribution is -2.49. The van der Waals surface area contributed by atoms with Gasteiger partial charge >= 0.3 is 0 Å². The topological polar surface area (TPSA) is 49.3 Å². The zero-order valence-electron chi connectivity index (χ0n) is 14.4. The van der Waals surface area contributed by atoms with Gasteiger partial charge in [-0.25, -0.2) is 9.97 Å². The highest BCUT2D eigenvalue weighted by Gasteiger charge is 2.22. The molecule has 0 unspecified atom stereocenters. The molecule has 0 spiro atoms. The Morgan fingerprint density at radius 1 is 1.12 bits per heavy atom. The summed E-state index contributed by atoms with van der Waals surface area (Å²) in [6.07, 6.45) is 3.50. The van der Waals surface area contributed by atoms with Crippen molar-refractivity contribution in [1.29, 1.82) is 0 Å². The molecule has 0 N–H and O–H groups in total. The second-order valence-corrected chi connectivity index (χ2v) is 7.94. The summed E-state index contributed by atoms with van der Waals surface area (Å²) in [5, 5.41) is 0. The Bertz CT molecular complexity index is 748. The minimum atomic E-state index is 0.193. The lowest BCUT2D eigenvalue weighted by atomic mass is 10.2. The smallest absolute Gasteiger partial charge is 0.233 e. The first-order chi connectivity index (χ1) is 12.0. The molecule has 25 heavy (non-hydrogen) atoms. The highest BCUT2D eigenvalue weighted by atomic mass is 79.9. The summed E-state index contributed by atoms with van der Waals surface area (Å²) in [7, 11) is 0. The zero-order valence-corrected chi connectivity index (χ0v) is 16.8. The van der Waals surface area contributed by atoms with E-state index in [0.29, 0.717) is 5.75 Å². The Morgan fingerprint density at radius 2 is 1.80 bits per heavy atom. The van der Waals surface area contributed by atoms with Gasteiger partial charge in [-0.3, -0.25) is 4.79 Å². The van der Waals surface area contributed by atoms with Gasteiger partial charge in [0.05, 0.1) is 5.75 Å². The molecule has 1 aromatic carbocycles. The molecule has 1 saturated heterocycles. The number of aryl methyl sites for hydroxylation is 2. The molecule has 7 heteroatoms. The summed E-state index contributed by atoms with van der Waals surface area (Å²) in [6, 6.07) is 6.06. The lowest BCUT2D eigenvalue weighted by Gasteiger charge is -2.34. The molecule has 1 fully saturated rings. The van der Waals surface area contributed by atoms with E-state index in [1.165, 1.54) is 16.0 Å². The number of hydrogen-bond donors (Lipinski definition) is 0. The van der Waals surface area contributed by atoms with Crippen LogP contribution in [-0.4, -0.2) is 52.7 Å². The van der Waals surface area contributed by atoms with Crippen molar-refractivity contribution in [1.82, 2.24) is 14.9 Å². The summed E-state index contributed by atoms with van der Waals surface area (Å²) in [6.45, 7) is 7.13. The van der Waals surface area contributed by atoms with Crippen LogP contribution < -0.4 is 4.90 Å². The minimum absolute atomic E-state index is 0.193. The number of rotatable bonds is 4. The average molecular weight is 421 g/mol. The number of aromatic nitrogens is 2. The molecular formula is C18H21BrN4OS. The Balaban J connectivity index is 1.52. The van der Waals surface area contributed by atoms with Gasteiger partial charge in [-0.2, -0.15) is 0 Å². The third-order valence-electron chi connectivity index (χ3n) is 4.27. The fourth-order valence-corrected chi connectivity index (χ4v) is 4.22. The number of anilines is 1. The maximum absolute atomic E-state index is 12.5.